The minimum Gasteiger partial charge on any atom is -0.497 e. The summed E-state index contributed by atoms with van der Waals surface area (Å²) in [6.45, 7) is 2.17. The van der Waals surface area contributed by atoms with Gasteiger partial charge in [0.05, 0.1) is 31.6 Å². The second-order valence-electron chi connectivity index (χ2n) is 6.85. The van der Waals surface area contributed by atoms with E-state index in [1.807, 2.05) is 24.3 Å². The van der Waals surface area contributed by atoms with E-state index in [4.69, 9.17) is 9.47 Å². The van der Waals surface area contributed by atoms with Gasteiger partial charge in [0, 0.05) is 5.56 Å². The first-order valence-electron chi connectivity index (χ1n) is 8.83. The fourth-order valence-corrected chi connectivity index (χ4v) is 3.46. The van der Waals surface area contributed by atoms with Gasteiger partial charge >= 0.3 is 5.97 Å². The molecule has 0 bridgehead atoms. The number of benzene rings is 2. The Morgan fingerprint density at radius 3 is 2.78 bits per heavy atom. The Hall–Kier alpha value is -3.02. The Morgan fingerprint density at radius 1 is 1.26 bits per heavy atom. The zero-order valence-electron chi connectivity index (χ0n) is 15.4. The topological polar surface area (TPSA) is 84.9 Å². The van der Waals surface area contributed by atoms with E-state index in [1.54, 1.807) is 38.3 Å². The summed E-state index contributed by atoms with van der Waals surface area (Å²) in [7, 11) is 1.55. The molecule has 0 fully saturated rings. The summed E-state index contributed by atoms with van der Waals surface area (Å²) < 4.78 is 10.9. The molecule has 2 N–H and O–H groups in total. The average molecular weight is 369 g/mol. The van der Waals surface area contributed by atoms with Gasteiger partial charge < -0.3 is 19.9 Å². The third kappa shape index (κ3) is 4.05. The minimum atomic E-state index is -1.06. The summed E-state index contributed by atoms with van der Waals surface area (Å²) >= 11 is 0. The molecule has 2 atom stereocenters. The molecule has 1 heterocycles. The normalized spacial score (nSPS) is 17.8. The lowest BCUT2D eigenvalue weighted by atomic mass is 9.86. The van der Waals surface area contributed by atoms with Crippen LogP contribution in [-0.2, 0) is 15.1 Å². The monoisotopic (exact) mass is 369 g/mol. The number of hydrogen-bond donors (Lipinski definition) is 2. The molecule has 0 saturated heterocycles. The second-order valence-corrected chi connectivity index (χ2v) is 6.85. The van der Waals surface area contributed by atoms with Crippen molar-refractivity contribution in [3.8, 4) is 11.5 Å². The highest BCUT2D eigenvalue weighted by Crippen LogP contribution is 2.35. The van der Waals surface area contributed by atoms with E-state index >= 15 is 0 Å². The highest BCUT2D eigenvalue weighted by atomic mass is 16.5. The number of nitrogens with one attached hydrogen (secondary N) is 1. The molecule has 1 aliphatic rings. The van der Waals surface area contributed by atoms with Crippen molar-refractivity contribution in [2.24, 2.45) is 0 Å². The zero-order valence-corrected chi connectivity index (χ0v) is 15.4. The standard InChI is InChI=1S/C21H23NO5/c1-21(13-19(23)24,14-6-5-7-15(12-14)26-2)22-20(25)17-10-11-27-18-9-4-3-8-16(17)18/h3-9,12,17H,10-11,13H2,1-2H3,(H,22,25)(H,23,24). The zero-order chi connectivity index (χ0) is 19.4. The van der Waals surface area contributed by atoms with Gasteiger partial charge in [-0.3, -0.25) is 9.59 Å². The third-order valence-corrected chi connectivity index (χ3v) is 4.89. The van der Waals surface area contributed by atoms with Crippen molar-refractivity contribution in [1.29, 1.82) is 0 Å². The van der Waals surface area contributed by atoms with E-state index < -0.39 is 11.5 Å². The van der Waals surface area contributed by atoms with Crippen molar-refractivity contribution >= 4 is 11.9 Å². The lowest BCUT2D eigenvalue weighted by Gasteiger charge is -2.33. The number of carbonyl (C=O) groups is 2. The Morgan fingerprint density at radius 2 is 2.04 bits per heavy atom. The van der Waals surface area contributed by atoms with Crippen LogP contribution >= 0.6 is 0 Å². The number of aliphatic carboxylic acids is 1. The lowest BCUT2D eigenvalue weighted by Crippen LogP contribution is -2.47. The van der Waals surface area contributed by atoms with Gasteiger partial charge in [-0.1, -0.05) is 30.3 Å². The number of carbonyl (C=O) groups excluding carboxylic acids is 1. The smallest absolute Gasteiger partial charge is 0.306 e. The molecule has 142 valence electrons. The number of amides is 1. The lowest BCUT2D eigenvalue weighted by molar-refractivity contribution is -0.139. The molecular weight excluding hydrogens is 346 g/mol. The van der Waals surface area contributed by atoms with E-state index in [2.05, 4.69) is 5.32 Å². The Bertz CT molecular complexity index is 850. The van der Waals surface area contributed by atoms with Gasteiger partial charge in [-0.15, -0.1) is 0 Å². The Labute approximate surface area is 158 Å². The average Bonchev–Trinajstić information content (AvgIpc) is 2.66. The molecule has 1 amide bonds. The van der Waals surface area contributed by atoms with Crippen molar-refractivity contribution in [1.82, 2.24) is 5.32 Å². The molecule has 6 heteroatoms. The van der Waals surface area contributed by atoms with Gasteiger partial charge in [0.15, 0.2) is 0 Å². The first kappa shape index (κ1) is 18.8. The number of rotatable bonds is 6. The van der Waals surface area contributed by atoms with Crippen molar-refractivity contribution in [2.45, 2.75) is 31.2 Å². The number of hydrogen-bond acceptors (Lipinski definition) is 4. The van der Waals surface area contributed by atoms with Crippen molar-refractivity contribution in [3.05, 3.63) is 59.7 Å². The van der Waals surface area contributed by atoms with Crippen LogP contribution in [0, 0.1) is 0 Å². The molecule has 3 rings (SSSR count). The molecule has 0 aliphatic carbocycles. The van der Waals surface area contributed by atoms with Crippen LogP contribution in [0.5, 0.6) is 11.5 Å². The predicted octanol–water partition coefficient (Wildman–Crippen LogP) is 3.07. The number of methoxy groups -OCH3 is 1. The first-order valence-corrected chi connectivity index (χ1v) is 8.83. The molecular formula is C21H23NO5. The van der Waals surface area contributed by atoms with E-state index in [1.165, 1.54) is 0 Å². The van der Waals surface area contributed by atoms with Gasteiger partial charge in [0.25, 0.3) is 0 Å². The van der Waals surface area contributed by atoms with Gasteiger partial charge in [-0.05, 0) is 37.1 Å². The molecule has 1 aliphatic heterocycles. The van der Waals surface area contributed by atoms with Crippen molar-refractivity contribution < 1.29 is 24.2 Å². The predicted molar refractivity (Wildman–Crippen MR) is 100 cm³/mol. The van der Waals surface area contributed by atoms with Gasteiger partial charge in [0.1, 0.15) is 11.5 Å². The maximum Gasteiger partial charge on any atom is 0.306 e. The van der Waals surface area contributed by atoms with Crippen LogP contribution in [0.25, 0.3) is 0 Å². The van der Waals surface area contributed by atoms with Crippen LogP contribution < -0.4 is 14.8 Å². The fraction of sp³-hybridized carbons (Fsp3) is 0.333. The summed E-state index contributed by atoms with van der Waals surface area (Å²) in [6, 6.07) is 14.6. The van der Waals surface area contributed by atoms with E-state index in [0.29, 0.717) is 30.1 Å². The fourth-order valence-electron chi connectivity index (χ4n) is 3.46. The molecule has 2 aromatic carbocycles. The number of carboxylic acids is 1. The van der Waals surface area contributed by atoms with Crippen LogP contribution in [0.15, 0.2) is 48.5 Å². The third-order valence-electron chi connectivity index (χ3n) is 4.89. The van der Waals surface area contributed by atoms with Crippen LogP contribution in [-0.4, -0.2) is 30.7 Å². The number of fused-ring (bicyclic) bond motifs is 1. The second kappa shape index (κ2) is 7.70. The first-order chi connectivity index (χ1) is 12.9. The summed E-state index contributed by atoms with van der Waals surface area (Å²) in [5.41, 5.74) is 0.438. The Balaban J connectivity index is 1.91. The molecule has 27 heavy (non-hydrogen) atoms. The van der Waals surface area contributed by atoms with Gasteiger partial charge in [0.2, 0.25) is 5.91 Å². The van der Waals surface area contributed by atoms with Gasteiger partial charge in [-0.2, -0.15) is 0 Å². The molecule has 0 radical (unpaired) electrons. The summed E-state index contributed by atoms with van der Waals surface area (Å²) in [6.07, 6.45) is 0.306. The summed E-state index contributed by atoms with van der Waals surface area (Å²) in [5, 5.41) is 12.4. The van der Waals surface area contributed by atoms with Crippen LogP contribution in [0.4, 0.5) is 0 Å². The SMILES string of the molecule is COc1cccc(C(C)(CC(=O)O)NC(=O)C2CCOc3ccccc32)c1. The van der Waals surface area contributed by atoms with Crippen LogP contribution in [0.3, 0.4) is 0 Å². The van der Waals surface area contributed by atoms with E-state index in [0.717, 1.165) is 5.56 Å². The number of ether oxygens (including phenoxy) is 2. The van der Waals surface area contributed by atoms with Crippen molar-refractivity contribution in [3.63, 3.8) is 0 Å². The molecule has 0 aromatic heterocycles. The highest BCUT2D eigenvalue weighted by molar-refractivity contribution is 5.86. The molecule has 2 unspecified atom stereocenters. The van der Waals surface area contributed by atoms with Crippen LogP contribution in [0.1, 0.15) is 36.8 Å². The summed E-state index contributed by atoms with van der Waals surface area (Å²) in [5.74, 6) is -0.279. The minimum absolute atomic E-state index is 0.211. The van der Waals surface area contributed by atoms with Gasteiger partial charge in [-0.25, -0.2) is 0 Å². The van der Waals surface area contributed by atoms with Crippen molar-refractivity contribution in [2.75, 3.05) is 13.7 Å². The highest BCUT2D eigenvalue weighted by Gasteiger charge is 2.36. The maximum absolute atomic E-state index is 13.1. The summed E-state index contributed by atoms with van der Waals surface area (Å²) in [4.78, 5) is 24.6. The molecule has 2 aromatic rings. The quantitative estimate of drug-likeness (QED) is 0.817. The van der Waals surface area contributed by atoms with Crippen LogP contribution in [0.2, 0.25) is 0 Å². The molecule has 6 nitrogen and oxygen atoms in total. The largest absolute Gasteiger partial charge is 0.497 e. The van der Waals surface area contributed by atoms with E-state index in [-0.39, 0.29) is 18.2 Å². The number of carboxylic acid groups (broad SMARTS) is 1. The Kier molecular flexibility index (Phi) is 5.35. The molecule has 0 saturated carbocycles. The number of para-hydroxylation sites is 1. The molecule has 0 spiro atoms. The van der Waals surface area contributed by atoms with E-state index in [9.17, 15) is 14.7 Å². The maximum atomic E-state index is 13.1.